The van der Waals surface area contributed by atoms with E-state index in [2.05, 4.69) is 38.4 Å². The van der Waals surface area contributed by atoms with E-state index in [0.717, 1.165) is 21.3 Å². The first-order chi connectivity index (χ1) is 27.5. The minimum Gasteiger partial charge on any atom is -0.497 e. The summed E-state index contributed by atoms with van der Waals surface area (Å²) in [4.78, 5) is 26.2. The summed E-state index contributed by atoms with van der Waals surface area (Å²) in [5.41, 5.74) is 0.313. The lowest BCUT2D eigenvalue weighted by Gasteiger charge is -2.39. The summed E-state index contributed by atoms with van der Waals surface area (Å²) < 4.78 is 49.8. The van der Waals surface area contributed by atoms with E-state index in [1.807, 2.05) is 85.8 Å². The predicted octanol–water partition coefficient (Wildman–Crippen LogP) is 6.93. The maximum atomic E-state index is 13.7. The zero-order chi connectivity index (χ0) is 41.1. The Bertz CT molecular complexity index is 1960. The number of benzene rings is 3. The van der Waals surface area contributed by atoms with Crippen molar-refractivity contribution in [1.82, 2.24) is 13.8 Å². The molecule has 3 aromatic carbocycles. The molecule has 0 N–H and O–H groups in total. The maximum Gasteiger partial charge on any atom is 0.332 e. The zero-order valence-electron chi connectivity index (χ0n) is 34.1. The van der Waals surface area contributed by atoms with Crippen LogP contribution in [0.5, 0.6) is 11.5 Å². The number of aromatic nitrogens is 2. The third-order valence-electron chi connectivity index (χ3n) is 9.80. The summed E-state index contributed by atoms with van der Waals surface area (Å²) in [6, 6.07) is 28.9. The average Bonchev–Trinajstić information content (AvgIpc) is 3.55. The van der Waals surface area contributed by atoms with Gasteiger partial charge < -0.3 is 32.7 Å². The van der Waals surface area contributed by atoms with E-state index in [4.69, 9.17) is 32.7 Å². The Morgan fingerprint density at radius 1 is 0.842 bits per heavy atom. The monoisotopic (exact) mass is 802 g/mol. The van der Waals surface area contributed by atoms with Crippen LogP contribution in [-0.4, -0.2) is 78.2 Å². The van der Waals surface area contributed by atoms with Gasteiger partial charge in [-0.25, -0.2) is 9.46 Å². The van der Waals surface area contributed by atoms with E-state index >= 15 is 0 Å². The molecule has 2 heterocycles. The molecule has 1 aliphatic rings. The minimum absolute atomic E-state index is 0.0168. The van der Waals surface area contributed by atoms with Crippen LogP contribution in [0.15, 0.2) is 101 Å². The second-order valence-electron chi connectivity index (χ2n) is 14.2. The Kier molecular flexibility index (Phi) is 15.6. The van der Waals surface area contributed by atoms with Crippen molar-refractivity contribution >= 4 is 8.53 Å². The SMILES string of the molecule is CCCO[C@@H]1[C@H](OP(OCCC#N)N(C(C)C)C(C)C)[C@@H](COC(c2ccccc2)(c2ccc(OC)cc2)c2ccc(OC)cc2)O[C@H]1n1ccc(=O)n(C)c1=O. The number of hydrogen-bond acceptors (Lipinski definition) is 11. The quantitative estimate of drug-likeness (QED) is 0.0523. The van der Waals surface area contributed by atoms with Crippen molar-refractivity contribution in [3.05, 3.63) is 129 Å². The van der Waals surface area contributed by atoms with Gasteiger partial charge in [0.25, 0.3) is 14.1 Å². The predicted molar refractivity (Wildman–Crippen MR) is 218 cm³/mol. The summed E-state index contributed by atoms with van der Waals surface area (Å²) in [5.74, 6) is 1.38. The Labute approximate surface area is 336 Å². The third kappa shape index (κ3) is 9.85. The van der Waals surface area contributed by atoms with Crippen molar-refractivity contribution in [2.45, 2.75) is 89.7 Å². The van der Waals surface area contributed by atoms with Gasteiger partial charge in [-0.3, -0.25) is 13.9 Å². The first-order valence-corrected chi connectivity index (χ1v) is 20.4. The number of nitriles is 1. The molecule has 1 fully saturated rings. The summed E-state index contributed by atoms with van der Waals surface area (Å²) in [6.45, 7) is 10.7. The molecule has 0 amide bonds. The maximum absolute atomic E-state index is 13.7. The normalized spacial score (nSPS) is 18.9. The highest BCUT2D eigenvalue weighted by molar-refractivity contribution is 7.44. The summed E-state index contributed by atoms with van der Waals surface area (Å²) >= 11 is 0. The molecule has 5 atom stereocenters. The lowest BCUT2D eigenvalue weighted by atomic mass is 9.80. The van der Waals surface area contributed by atoms with Crippen LogP contribution in [0.3, 0.4) is 0 Å². The van der Waals surface area contributed by atoms with Crippen molar-refractivity contribution in [1.29, 1.82) is 5.26 Å². The smallest absolute Gasteiger partial charge is 0.332 e. The van der Waals surface area contributed by atoms with Gasteiger partial charge >= 0.3 is 5.69 Å². The van der Waals surface area contributed by atoms with E-state index in [1.165, 1.54) is 23.9 Å². The van der Waals surface area contributed by atoms with Crippen molar-refractivity contribution in [3.63, 3.8) is 0 Å². The van der Waals surface area contributed by atoms with Crippen molar-refractivity contribution in [2.24, 2.45) is 7.05 Å². The lowest BCUT2D eigenvalue weighted by Crippen LogP contribution is -2.44. The van der Waals surface area contributed by atoms with E-state index < -0.39 is 49.9 Å². The lowest BCUT2D eigenvalue weighted by molar-refractivity contribution is -0.0978. The molecule has 57 heavy (non-hydrogen) atoms. The molecule has 13 nitrogen and oxygen atoms in total. The first kappa shape index (κ1) is 43.7. The van der Waals surface area contributed by atoms with Crippen molar-refractivity contribution in [3.8, 4) is 17.6 Å². The summed E-state index contributed by atoms with van der Waals surface area (Å²) in [5, 5.41) is 9.41. The average molecular weight is 803 g/mol. The van der Waals surface area contributed by atoms with Gasteiger partial charge in [-0.15, -0.1) is 0 Å². The molecule has 4 aromatic rings. The van der Waals surface area contributed by atoms with Gasteiger partial charge in [-0.1, -0.05) is 61.5 Å². The molecule has 14 heteroatoms. The highest BCUT2D eigenvalue weighted by Gasteiger charge is 2.51. The number of hydrogen-bond donors (Lipinski definition) is 0. The minimum atomic E-state index is -1.79. The zero-order valence-corrected chi connectivity index (χ0v) is 35.0. The molecule has 0 aliphatic carbocycles. The standard InChI is InChI=1S/C43H55N4O9P/c1-9-27-52-40-39(56-57(54-28-13-25-44)47(30(2)3)31(4)5)37(55-41(40)46-26-24-38(48)45(6)42(46)49)29-53-43(32-14-11-10-12-15-32,33-16-20-35(50-7)21-17-33)34-18-22-36(51-8)23-19-34/h10-12,14-24,26,30-31,37,39-41H,9,13,27-29H2,1-8H3/t37-,39-,40-,41-,57?/m1/s1. The molecule has 0 saturated carbocycles. The molecule has 1 unspecified atom stereocenters. The fourth-order valence-corrected chi connectivity index (χ4v) is 8.85. The molecule has 0 bridgehead atoms. The Balaban J connectivity index is 1.68. The van der Waals surface area contributed by atoms with Crippen LogP contribution in [0.4, 0.5) is 0 Å². The highest BCUT2D eigenvalue weighted by Crippen LogP contribution is 2.51. The second kappa shape index (κ2) is 20.4. The Morgan fingerprint density at radius 2 is 1.42 bits per heavy atom. The van der Waals surface area contributed by atoms with Crippen LogP contribution in [0.1, 0.15) is 70.4 Å². The molecular weight excluding hydrogens is 747 g/mol. The molecule has 1 saturated heterocycles. The van der Waals surface area contributed by atoms with Crippen LogP contribution in [0.2, 0.25) is 0 Å². The molecule has 5 rings (SSSR count). The van der Waals surface area contributed by atoms with Gasteiger partial charge in [0, 0.05) is 38.0 Å². The van der Waals surface area contributed by atoms with Gasteiger partial charge in [0.2, 0.25) is 0 Å². The van der Waals surface area contributed by atoms with E-state index in [0.29, 0.717) is 24.5 Å². The fourth-order valence-electron chi connectivity index (χ4n) is 7.09. The molecule has 1 aromatic heterocycles. The van der Waals surface area contributed by atoms with Crippen molar-refractivity contribution in [2.75, 3.05) is 34.0 Å². The van der Waals surface area contributed by atoms with Crippen LogP contribution in [0.25, 0.3) is 0 Å². The highest BCUT2D eigenvalue weighted by atomic mass is 31.2. The van der Waals surface area contributed by atoms with Gasteiger partial charge in [-0.2, -0.15) is 5.26 Å². The Hall–Kier alpha value is -4.38. The molecule has 0 spiro atoms. The number of nitrogens with zero attached hydrogens (tertiary/aromatic N) is 4. The van der Waals surface area contributed by atoms with Gasteiger partial charge in [0.15, 0.2) is 6.23 Å². The van der Waals surface area contributed by atoms with Crippen LogP contribution < -0.4 is 20.7 Å². The summed E-state index contributed by atoms with van der Waals surface area (Å²) in [7, 11) is 2.89. The molecular formula is C43H55N4O9P. The van der Waals surface area contributed by atoms with Gasteiger partial charge in [0.1, 0.15) is 35.4 Å². The number of rotatable bonds is 20. The van der Waals surface area contributed by atoms with Crippen LogP contribution in [0, 0.1) is 11.3 Å². The molecule has 306 valence electrons. The van der Waals surface area contributed by atoms with E-state index in [-0.39, 0.29) is 31.7 Å². The Morgan fingerprint density at radius 3 is 1.95 bits per heavy atom. The molecule has 1 aliphatic heterocycles. The third-order valence-corrected chi connectivity index (χ3v) is 11.9. The van der Waals surface area contributed by atoms with E-state index in [9.17, 15) is 14.9 Å². The number of methoxy groups -OCH3 is 2. The fraction of sp³-hybridized carbons (Fsp3) is 0.465. The second-order valence-corrected chi connectivity index (χ2v) is 15.6. The van der Waals surface area contributed by atoms with Gasteiger partial charge in [0.05, 0.1) is 39.9 Å². The van der Waals surface area contributed by atoms with Crippen molar-refractivity contribution < 1.29 is 32.7 Å². The van der Waals surface area contributed by atoms with Crippen LogP contribution in [-0.2, 0) is 35.9 Å². The van der Waals surface area contributed by atoms with Gasteiger partial charge in [-0.05, 0) is 75.1 Å². The van der Waals surface area contributed by atoms with E-state index in [1.54, 1.807) is 14.2 Å². The number of ether oxygens (including phenoxy) is 5. The topological polar surface area (TPSA) is 136 Å². The molecule has 0 radical (unpaired) electrons. The largest absolute Gasteiger partial charge is 0.497 e. The summed E-state index contributed by atoms with van der Waals surface area (Å²) in [6.07, 6.45) is -1.19. The first-order valence-electron chi connectivity index (χ1n) is 19.3. The van der Waals surface area contributed by atoms with Crippen LogP contribution >= 0.6 is 8.53 Å².